The lowest BCUT2D eigenvalue weighted by atomic mass is 9.88. The molecule has 2 N–H and O–H groups in total. The van der Waals surface area contributed by atoms with Crippen LogP contribution in [0.2, 0.25) is 5.02 Å². The third kappa shape index (κ3) is 2.48. The second kappa shape index (κ2) is 5.45. The molecule has 2 heterocycles. The van der Waals surface area contributed by atoms with Crippen molar-refractivity contribution in [1.29, 1.82) is 0 Å². The molecule has 1 aliphatic heterocycles. The number of hydrogen-bond acceptors (Lipinski definition) is 4. The van der Waals surface area contributed by atoms with Gasteiger partial charge < -0.3 is 19.7 Å². The number of halogens is 2. The van der Waals surface area contributed by atoms with Crippen molar-refractivity contribution in [2.75, 3.05) is 18.0 Å². The van der Waals surface area contributed by atoms with Crippen LogP contribution in [0.25, 0.3) is 10.9 Å². The Kier molecular flexibility index (Phi) is 3.44. The molecule has 0 unspecified atom stereocenters. The average Bonchev–Trinajstić information content (AvgIpc) is 3.45. The van der Waals surface area contributed by atoms with Gasteiger partial charge in [-0.25, -0.2) is 9.18 Å². The summed E-state index contributed by atoms with van der Waals surface area (Å²) < 4.78 is 16.6. The van der Waals surface area contributed by atoms with E-state index < -0.39 is 22.8 Å². The van der Waals surface area contributed by atoms with Gasteiger partial charge in [0.2, 0.25) is 5.43 Å². The molecule has 142 valence electrons. The van der Waals surface area contributed by atoms with E-state index >= 15 is 0 Å². The van der Waals surface area contributed by atoms with Crippen LogP contribution >= 0.6 is 11.6 Å². The number of aromatic nitrogens is 1. The quantitative estimate of drug-likeness (QED) is 0.836. The molecule has 1 aromatic carbocycles. The van der Waals surface area contributed by atoms with Gasteiger partial charge in [0.15, 0.2) is 0 Å². The fraction of sp³-hybridized carbons (Fsp3) is 0.474. The van der Waals surface area contributed by atoms with Crippen LogP contribution in [0.5, 0.6) is 0 Å². The number of aliphatic hydroxyl groups is 1. The first-order valence-electron chi connectivity index (χ1n) is 9.07. The number of β-amino-alcohol motifs (C(OH)–C–C–N with tert-alkyl or cyclic N) is 1. The number of pyridine rings is 1. The van der Waals surface area contributed by atoms with Crippen molar-refractivity contribution in [3.05, 3.63) is 38.9 Å². The van der Waals surface area contributed by atoms with E-state index in [1.54, 1.807) is 9.47 Å². The Morgan fingerprint density at radius 2 is 1.93 bits per heavy atom. The summed E-state index contributed by atoms with van der Waals surface area (Å²) in [6, 6.07) is 1.14. The minimum atomic E-state index is -1.34. The predicted molar refractivity (Wildman–Crippen MR) is 98.3 cm³/mol. The third-order valence-electron chi connectivity index (χ3n) is 5.94. The smallest absolute Gasteiger partial charge is 0.341 e. The van der Waals surface area contributed by atoms with E-state index in [1.807, 2.05) is 0 Å². The highest BCUT2D eigenvalue weighted by atomic mass is 35.5. The summed E-state index contributed by atoms with van der Waals surface area (Å²) >= 11 is 6.55. The van der Waals surface area contributed by atoms with Crippen molar-refractivity contribution in [3.8, 4) is 0 Å². The Hall–Kier alpha value is -2.12. The minimum Gasteiger partial charge on any atom is -0.477 e. The number of fused-ring (bicyclic) bond motifs is 1. The van der Waals surface area contributed by atoms with E-state index in [2.05, 4.69) is 0 Å². The van der Waals surface area contributed by atoms with Gasteiger partial charge >= 0.3 is 5.97 Å². The second-order valence-electron chi connectivity index (χ2n) is 7.97. The van der Waals surface area contributed by atoms with E-state index in [4.69, 9.17) is 11.6 Å². The fourth-order valence-corrected chi connectivity index (χ4v) is 4.58. The van der Waals surface area contributed by atoms with E-state index in [9.17, 15) is 24.2 Å². The Morgan fingerprint density at radius 3 is 2.48 bits per heavy atom. The molecule has 8 heteroatoms. The maximum Gasteiger partial charge on any atom is 0.341 e. The Morgan fingerprint density at radius 1 is 1.26 bits per heavy atom. The number of hydrogen-bond donors (Lipinski definition) is 2. The number of carboxylic acid groups (broad SMARTS) is 1. The van der Waals surface area contributed by atoms with Gasteiger partial charge in [0, 0.05) is 25.3 Å². The summed E-state index contributed by atoms with van der Waals surface area (Å²) in [5, 5.41) is 19.9. The van der Waals surface area contributed by atoms with Gasteiger partial charge in [-0.2, -0.15) is 0 Å². The lowest BCUT2D eigenvalue weighted by molar-refractivity contribution is -0.00960. The van der Waals surface area contributed by atoms with Crippen LogP contribution in [0.4, 0.5) is 10.1 Å². The van der Waals surface area contributed by atoms with Crippen molar-refractivity contribution in [3.63, 3.8) is 0 Å². The second-order valence-corrected chi connectivity index (χ2v) is 8.34. The summed E-state index contributed by atoms with van der Waals surface area (Å²) in [7, 11) is 0. The largest absolute Gasteiger partial charge is 0.477 e. The molecule has 6 nitrogen and oxygen atoms in total. The van der Waals surface area contributed by atoms with Gasteiger partial charge in [0.1, 0.15) is 17.0 Å². The zero-order valence-corrected chi connectivity index (χ0v) is 15.2. The number of benzene rings is 1. The molecule has 0 radical (unpaired) electrons. The van der Waals surface area contributed by atoms with Gasteiger partial charge in [-0.1, -0.05) is 11.6 Å². The zero-order valence-electron chi connectivity index (χ0n) is 14.4. The SMILES string of the molecule is O=C(O)c1cn(C2CC2)c2c(Cl)c(N3CC(O)(C4CC4)C3)c(F)cc2c1=O. The number of rotatable bonds is 4. The molecule has 0 atom stereocenters. The first kappa shape index (κ1) is 17.0. The van der Waals surface area contributed by atoms with E-state index in [0.29, 0.717) is 18.6 Å². The summed E-state index contributed by atoms with van der Waals surface area (Å²) in [4.78, 5) is 25.7. The zero-order chi connectivity index (χ0) is 19.1. The van der Waals surface area contributed by atoms with Crippen LogP contribution in [0.15, 0.2) is 17.1 Å². The standard InChI is InChI=1S/C19H18ClFN2O4/c20-14-15-11(17(24)12(18(25)26)6-23(15)10-3-4-10)5-13(21)16(14)22-7-19(27,8-22)9-1-2-9/h5-6,9-10,27H,1-4,7-8H2,(H,25,26). The maximum atomic E-state index is 14.9. The van der Waals surface area contributed by atoms with Crippen molar-refractivity contribution < 1.29 is 19.4 Å². The summed E-state index contributed by atoms with van der Waals surface area (Å²) in [6.07, 6.45) is 4.99. The Bertz CT molecular complexity index is 1050. The van der Waals surface area contributed by atoms with Gasteiger partial charge in [0.25, 0.3) is 0 Å². The number of anilines is 1. The van der Waals surface area contributed by atoms with Gasteiger partial charge in [0.05, 0.1) is 21.6 Å². The molecule has 2 saturated carbocycles. The number of carbonyl (C=O) groups is 1. The van der Waals surface area contributed by atoms with Crippen LogP contribution in [0.1, 0.15) is 42.1 Å². The maximum absolute atomic E-state index is 14.9. The van der Waals surface area contributed by atoms with Crippen molar-refractivity contribution in [2.24, 2.45) is 5.92 Å². The number of aromatic carboxylic acids is 1. The molecular formula is C19H18ClFN2O4. The molecule has 3 fully saturated rings. The van der Waals surface area contributed by atoms with E-state index in [1.165, 1.54) is 6.20 Å². The Balaban J connectivity index is 1.68. The highest BCUT2D eigenvalue weighted by Gasteiger charge is 2.52. The molecule has 0 bridgehead atoms. The first-order chi connectivity index (χ1) is 12.8. The highest BCUT2D eigenvalue weighted by molar-refractivity contribution is 6.38. The first-order valence-corrected chi connectivity index (χ1v) is 9.45. The van der Waals surface area contributed by atoms with Gasteiger partial charge in [-0.3, -0.25) is 4.79 Å². The summed E-state index contributed by atoms with van der Waals surface area (Å²) in [6.45, 7) is 0.612. The molecule has 0 amide bonds. The molecule has 5 rings (SSSR count). The van der Waals surface area contributed by atoms with Crippen LogP contribution in [0.3, 0.4) is 0 Å². The lowest BCUT2D eigenvalue weighted by Crippen LogP contribution is -2.63. The van der Waals surface area contributed by atoms with E-state index in [0.717, 1.165) is 31.7 Å². The third-order valence-corrected chi connectivity index (χ3v) is 6.30. The molecule has 1 aromatic heterocycles. The van der Waals surface area contributed by atoms with Crippen molar-refractivity contribution in [1.82, 2.24) is 4.57 Å². The van der Waals surface area contributed by atoms with Gasteiger partial charge in [-0.15, -0.1) is 0 Å². The van der Waals surface area contributed by atoms with Gasteiger partial charge in [-0.05, 0) is 37.7 Å². The highest BCUT2D eigenvalue weighted by Crippen LogP contribution is 2.48. The molecule has 2 aromatic rings. The molecular weight excluding hydrogens is 375 g/mol. The molecule has 2 aliphatic carbocycles. The molecule has 0 spiro atoms. The molecule has 27 heavy (non-hydrogen) atoms. The van der Waals surface area contributed by atoms with Crippen LogP contribution in [-0.2, 0) is 0 Å². The monoisotopic (exact) mass is 392 g/mol. The minimum absolute atomic E-state index is 0.0222. The number of nitrogens with zero attached hydrogens (tertiary/aromatic N) is 2. The normalized spacial score (nSPS) is 21.4. The number of carboxylic acids is 1. The van der Waals surface area contributed by atoms with Crippen LogP contribution in [0, 0.1) is 11.7 Å². The topological polar surface area (TPSA) is 82.8 Å². The van der Waals surface area contributed by atoms with Crippen molar-refractivity contribution >= 4 is 34.2 Å². The lowest BCUT2D eigenvalue weighted by Gasteiger charge is -2.48. The van der Waals surface area contributed by atoms with Crippen molar-refractivity contribution in [2.45, 2.75) is 37.3 Å². The van der Waals surface area contributed by atoms with Crippen LogP contribution in [-0.4, -0.2) is 39.4 Å². The predicted octanol–water partition coefficient (Wildman–Crippen LogP) is 2.79. The summed E-state index contributed by atoms with van der Waals surface area (Å²) in [5.41, 5.74) is -1.38. The summed E-state index contributed by atoms with van der Waals surface area (Å²) in [5.74, 6) is -1.75. The average molecular weight is 393 g/mol. The molecule has 1 saturated heterocycles. The fourth-order valence-electron chi connectivity index (χ4n) is 4.17. The molecule has 3 aliphatic rings. The Labute approximate surface area is 158 Å². The van der Waals surface area contributed by atoms with Crippen LogP contribution < -0.4 is 10.3 Å². The van der Waals surface area contributed by atoms with E-state index in [-0.39, 0.29) is 33.6 Å².